The third kappa shape index (κ3) is 3.36. The molecule has 1 heterocycles. The Morgan fingerprint density at radius 2 is 2.40 bits per heavy atom. The highest BCUT2D eigenvalue weighted by Crippen LogP contribution is 2.13. The van der Waals surface area contributed by atoms with E-state index >= 15 is 0 Å². The van der Waals surface area contributed by atoms with Crippen LogP contribution in [0.25, 0.3) is 0 Å². The number of rotatable bonds is 4. The number of alkyl halides is 1. The first kappa shape index (κ1) is 12.3. The van der Waals surface area contributed by atoms with Gasteiger partial charge in [0, 0.05) is 24.3 Å². The summed E-state index contributed by atoms with van der Waals surface area (Å²) in [6.07, 6.45) is 3.76. The van der Waals surface area contributed by atoms with Gasteiger partial charge in [0.2, 0.25) is 0 Å². The molecule has 0 saturated heterocycles. The lowest BCUT2D eigenvalue weighted by atomic mass is 10.2. The summed E-state index contributed by atoms with van der Waals surface area (Å²) in [7, 11) is 0. The Balaban J connectivity index is 2.73. The monoisotopic (exact) mass is 246 g/mol. The van der Waals surface area contributed by atoms with Crippen molar-refractivity contribution in [3.63, 3.8) is 0 Å². The summed E-state index contributed by atoms with van der Waals surface area (Å²) in [6.45, 7) is 1.96. The van der Waals surface area contributed by atoms with Crippen LogP contribution in [-0.2, 0) is 0 Å². The van der Waals surface area contributed by atoms with E-state index in [9.17, 15) is 4.79 Å². The second-order valence-electron chi connectivity index (χ2n) is 3.09. The number of nitrogens with zero attached hydrogens (tertiary/aromatic N) is 1. The van der Waals surface area contributed by atoms with Crippen molar-refractivity contribution in [3.05, 3.63) is 29.0 Å². The van der Waals surface area contributed by atoms with E-state index < -0.39 is 0 Å². The van der Waals surface area contributed by atoms with Crippen LogP contribution in [-0.4, -0.2) is 22.8 Å². The molecule has 0 saturated carbocycles. The zero-order valence-electron chi connectivity index (χ0n) is 8.34. The molecule has 0 spiro atoms. The van der Waals surface area contributed by atoms with Crippen molar-refractivity contribution in [2.24, 2.45) is 0 Å². The zero-order valence-corrected chi connectivity index (χ0v) is 9.85. The number of carbonyl (C=O) groups excluding carboxylic acids is 1. The van der Waals surface area contributed by atoms with Gasteiger partial charge in [-0.1, -0.05) is 18.5 Å². The minimum atomic E-state index is -0.213. The third-order valence-electron chi connectivity index (χ3n) is 2.03. The van der Waals surface area contributed by atoms with Crippen LogP contribution in [0.5, 0.6) is 0 Å². The van der Waals surface area contributed by atoms with Crippen LogP contribution in [0.4, 0.5) is 0 Å². The molecule has 1 aromatic rings. The van der Waals surface area contributed by atoms with Gasteiger partial charge in [0.1, 0.15) is 0 Å². The van der Waals surface area contributed by atoms with Gasteiger partial charge < -0.3 is 5.32 Å². The number of halogens is 2. The van der Waals surface area contributed by atoms with Crippen molar-refractivity contribution in [3.8, 4) is 0 Å². The summed E-state index contributed by atoms with van der Waals surface area (Å²) in [5, 5.41) is 3.14. The Morgan fingerprint density at radius 3 is 2.93 bits per heavy atom. The average Bonchev–Trinajstić information content (AvgIpc) is 2.26. The van der Waals surface area contributed by atoms with Crippen molar-refractivity contribution < 1.29 is 4.79 Å². The van der Waals surface area contributed by atoms with Gasteiger partial charge in [-0.3, -0.25) is 9.78 Å². The maximum Gasteiger partial charge on any atom is 0.253 e. The maximum absolute atomic E-state index is 11.7. The van der Waals surface area contributed by atoms with Crippen LogP contribution in [0.3, 0.4) is 0 Å². The number of hydrogen-bond donors (Lipinski definition) is 1. The number of nitrogens with one attached hydrogen (secondary N) is 1. The summed E-state index contributed by atoms with van der Waals surface area (Å²) in [5.41, 5.74) is 0.426. The normalized spacial score (nSPS) is 12.2. The van der Waals surface area contributed by atoms with E-state index in [0.717, 1.165) is 6.42 Å². The minimum absolute atomic E-state index is 0.0246. The minimum Gasteiger partial charge on any atom is -0.348 e. The fourth-order valence-electron chi connectivity index (χ4n) is 1.07. The van der Waals surface area contributed by atoms with Crippen molar-refractivity contribution in [1.82, 2.24) is 10.3 Å². The van der Waals surface area contributed by atoms with Gasteiger partial charge in [0.05, 0.1) is 10.6 Å². The Morgan fingerprint density at radius 1 is 1.67 bits per heavy atom. The van der Waals surface area contributed by atoms with E-state index in [-0.39, 0.29) is 11.9 Å². The van der Waals surface area contributed by atoms with E-state index in [1.807, 2.05) is 6.92 Å². The first-order valence-electron chi connectivity index (χ1n) is 4.65. The van der Waals surface area contributed by atoms with Crippen LogP contribution in [0.15, 0.2) is 18.5 Å². The molecule has 1 atom stereocenters. The van der Waals surface area contributed by atoms with Gasteiger partial charge >= 0.3 is 0 Å². The molecule has 0 fully saturated rings. The van der Waals surface area contributed by atoms with Crippen molar-refractivity contribution in [2.75, 3.05) is 5.88 Å². The molecular formula is C10H12Cl2N2O. The third-order valence-corrected chi connectivity index (χ3v) is 2.71. The van der Waals surface area contributed by atoms with Crippen LogP contribution in [0.2, 0.25) is 5.02 Å². The first-order chi connectivity index (χ1) is 7.19. The number of aromatic nitrogens is 1. The van der Waals surface area contributed by atoms with Gasteiger partial charge in [-0.25, -0.2) is 0 Å². The molecule has 0 aliphatic carbocycles. The smallest absolute Gasteiger partial charge is 0.253 e. The van der Waals surface area contributed by atoms with Crippen LogP contribution in [0, 0.1) is 0 Å². The molecule has 5 heteroatoms. The molecule has 0 radical (unpaired) electrons. The molecule has 0 aliphatic rings. The largest absolute Gasteiger partial charge is 0.348 e. The number of amides is 1. The molecule has 1 amide bonds. The molecule has 0 aliphatic heterocycles. The zero-order chi connectivity index (χ0) is 11.3. The van der Waals surface area contributed by atoms with Crippen molar-refractivity contribution in [1.29, 1.82) is 0 Å². The summed E-state index contributed by atoms with van der Waals surface area (Å²) in [5.74, 6) is 0.181. The highest BCUT2D eigenvalue weighted by molar-refractivity contribution is 6.33. The molecule has 1 aromatic heterocycles. The fraction of sp³-hybridized carbons (Fsp3) is 0.400. The second-order valence-corrected chi connectivity index (χ2v) is 3.80. The lowest BCUT2D eigenvalue weighted by Gasteiger charge is -2.13. The Labute approximate surface area is 98.8 Å². The SMILES string of the molecule is CCC(CCl)NC(=O)c1ccncc1Cl. The van der Waals surface area contributed by atoms with E-state index in [1.54, 1.807) is 6.07 Å². The van der Waals surface area contributed by atoms with E-state index in [4.69, 9.17) is 23.2 Å². The van der Waals surface area contributed by atoms with Crippen LogP contribution >= 0.6 is 23.2 Å². The van der Waals surface area contributed by atoms with Crippen LogP contribution < -0.4 is 5.32 Å². The lowest BCUT2D eigenvalue weighted by molar-refractivity contribution is 0.0940. The molecule has 0 bridgehead atoms. The topological polar surface area (TPSA) is 42.0 Å². The summed E-state index contributed by atoms with van der Waals surface area (Å²) in [4.78, 5) is 15.5. The van der Waals surface area contributed by atoms with E-state index in [2.05, 4.69) is 10.3 Å². The van der Waals surface area contributed by atoms with Crippen molar-refractivity contribution >= 4 is 29.1 Å². The van der Waals surface area contributed by atoms with Crippen molar-refractivity contribution in [2.45, 2.75) is 19.4 Å². The molecular weight excluding hydrogens is 235 g/mol. The summed E-state index contributed by atoms with van der Waals surface area (Å²) in [6, 6.07) is 1.56. The molecule has 0 aromatic carbocycles. The predicted molar refractivity (Wildman–Crippen MR) is 61.5 cm³/mol. The standard InChI is InChI=1S/C10H12Cl2N2O/c1-2-7(5-11)14-10(15)8-3-4-13-6-9(8)12/h3-4,6-7H,2,5H2,1H3,(H,14,15). The summed E-state index contributed by atoms with van der Waals surface area (Å²) >= 11 is 11.5. The average molecular weight is 247 g/mol. The second kappa shape index (κ2) is 5.93. The molecule has 3 nitrogen and oxygen atoms in total. The van der Waals surface area contributed by atoms with Gasteiger partial charge in [0.15, 0.2) is 0 Å². The Bertz CT molecular complexity index is 340. The highest BCUT2D eigenvalue weighted by atomic mass is 35.5. The Hall–Kier alpha value is -0.800. The van der Waals surface area contributed by atoms with E-state index in [1.165, 1.54) is 12.4 Å². The number of pyridine rings is 1. The van der Waals surface area contributed by atoms with Gasteiger partial charge in [-0.05, 0) is 12.5 Å². The first-order valence-corrected chi connectivity index (χ1v) is 5.56. The Kier molecular flexibility index (Phi) is 4.85. The maximum atomic E-state index is 11.7. The van der Waals surface area contributed by atoms with Gasteiger partial charge in [0.25, 0.3) is 5.91 Å². The van der Waals surface area contributed by atoms with Crippen LogP contribution in [0.1, 0.15) is 23.7 Å². The molecule has 1 N–H and O–H groups in total. The quantitative estimate of drug-likeness (QED) is 0.830. The van der Waals surface area contributed by atoms with E-state index in [0.29, 0.717) is 16.5 Å². The molecule has 1 rings (SSSR count). The van der Waals surface area contributed by atoms with Gasteiger partial charge in [-0.15, -0.1) is 11.6 Å². The number of carbonyl (C=O) groups is 1. The predicted octanol–water partition coefficient (Wildman–Crippen LogP) is 2.48. The lowest BCUT2D eigenvalue weighted by Crippen LogP contribution is -2.35. The fourth-order valence-corrected chi connectivity index (χ4v) is 1.57. The molecule has 82 valence electrons. The number of hydrogen-bond acceptors (Lipinski definition) is 2. The highest BCUT2D eigenvalue weighted by Gasteiger charge is 2.13. The summed E-state index contributed by atoms with van der Waals surface area (Å²) < 4.78 is 0. The molecule has 15 heavy (non-hydrogen) atoms. The van der Waals surface area contributed by atoms with Gasteiger partial charge in [-0.2, -0.15) is 0 Å². The molecule has 1 unspecified atom stereocenters.